The molecule has 0 saturated heterocycles. The molecule has 0 aromatic rings. The molecule has 0 heterocycles. The van der Waals surface area contributed by atoms with Crippen LogP contribution in [-0.4, -0.2) is 17.8 Å². The standard InChI is InChI=1S/C13H19NO2S/c1-12(2)9-4-5-13(12,3)10(6-9)16-11(15)7-17-8-14/h9-10H,4-7H2,1-3H3/t9-,10+,13-/m0/s1. The van der Waals surface area contributed by atoms with E-state index in [1.807, 2.05) is 5.40 Å². The minimum absolute atomic E-state index is 0.0445. The minimum Gasteiger partial charge on any atom is -0.461 e. The highest BCUT2D eigenvalue weighted by atomic mass is 32.2. The summed E-state index contributed by atoms with van der Waals surface area (Å²) in [5.41, 5.74) is 0.380. The molecular weight excluding hydrogens is 234 g/mol. The Hall–Kier alpha value is -0.690. The van der Waals surface area contributed by atoms with E-state index in [0.717, 1.165) is 24.6 Å². The third-order valence-electron chi connectivity index (χ3n) is 5.24. The molecule has 2 aliphatic carbocycles. The summed E-state index contributed by atoms with van der Waals surface area (Å²) < 4.78 is 5.58. The van der Waals surface area contributed by atoms with Gasteiger partial charge < -0.3 is 4.74 Å². The number of hydrogen-bond donors (Lipinski definition) is 0. The fourth-order valence-corrected chi connectivity index (χ4v) is 3.84. The molecule has 3 nitrogen and oxygen atoms in total. The van der Waals surface area contributed by atoms with E-state index in [-0.39, 0.29) is 28.7 Å². The normalized spacial score (nSPS) is 37.8. The van der Waals surface area contributed by atoms with Crippen molar-refractivity contribution in [3.63, 3.8) is 0 Å². The zero-order valence-electron chi connectivity index (χ0n) is 10.7. The summed E-state index contributed by atoms with van der Waals surface area (Å²) in [4.78, 5) is 11.6. The highest BCUT2D eigenvalue weighted by molar-refractivity contribution is 8.04. The first-order valence-electron chi connectivity index (χ1n) is 6.12. The van der Waals surface area contributed by atoms with Crippen molar-refractivity contribution in [2.75, 3.05) is 5.75 Å². The number of nitriles is 1. The van der Waals surface area contributed by atoms with Gasteiger partial charge >= 0.3 is 5.97 Å². The van der Waals surface area contributed by atoms with Gasteiger partial charge in [-0.2, -0.15) is 5.26 Å². The molecule has 3 atom stereocenters. The Balaban J connectivity index is 2.01. The van der Waals surface area contributed by atoms with Crippen LogP contribution in [0.2, 0.25) is 0 Å². The van der Waals surface area contributed by atoms with Crippen molar-refractivity contribution in [3.05, 3.63) is 0 Å². The molecule has 94 valence electrons. The molecule has 17 heavy (non-hydrogen) atoms. The average Bonchev–Trinajstić information content (AvgIpc) is 2.59. The van der Waals surface area contributed by atoms with Gasteiger partial charge in [0.2, 0.25) is 0 Å². The number of fused-ring (bicyclic) bond motifs is 2. The number of thioether (sulfide) groups is 1. The minimum atomic E-state index is -0.244. The van der Waals surface area contributed by atoms with Crippen LogP contribution in [-0.2, 0) is 9.53 Å². The number of nitrogens with zero attached hydrogens (tertiary/aromatic N) is 1. The second-order valence-electron chi connectivity index (χ2n) is 5.97. The predicted molar refractivity (Wildman–Crippen MR) is 67.2 cm³/mol. The maximum absolute atomic E-state index is 11.6. The molecule has 0 aromatic carbocycles. The molecule has 0 radical (unpaired) electrons. The van der Waals surface area contributed by atoms with Gasteiger partial charge in [-0.05, 0) is 42.4 Å². The summed E-state index contributed by atoms with van der Waals surface area (Å²) in [5.74, 6) is 0.578. The lowest BCUT2D eigenvalue weighted by molar-refractivity contribution is -0.153. The summed E-state index contributed by atoms with van der Waals surface area (Å²) >= 11 is 0.949. The van der Waals surface area contributed by atoms with Crippen LogP contribution in [0.5, 0.6) is 0 Å². The topological polar surface area (TPSA) is 50.1 Å². The zero-order chi connectivity index (χ0) is 12.7. The lowest BCUT2D eigenvalue weighted by atomic mass is 9.70. The Kier molecular flexibility index (Phi) is 3.15. The monoisotopic (exact) mass is 253 g/mol. The molecule has 2 bridgehead atoms. The summed E-state index contributed by atoms with van der Waals surface area (Å²) in [6.45, 7) is 6.83. The Morgan fingerprint density at radius 2 is 2.24 bits per heavy atom. The molecule has 2 aliphatic rings. The average molecular weight is 253 g/mol. The Morgan fingerprint density at radius 1 is 1.53 bits per heavy atom. The molecule has 0 spiro atoms. The van der Waals surface area contributed by atoms with E-state index in [9.17, 15) is 4.79 Å². The Labute approximate surface area is 107 Å². The van der Waals surface area contributed by atoms with E-state index >= 15 is 0 Å². The number of esters is 1. The van der Waals surface area contributed by atoms with Crippen molar-refractivity contribution in [2.45, 2.75) is 46.1 Å². The quantitative estimate of drug-likeness (QED) is 0.573. The lowest BCUT2D eigenvalue weighted by Crippen LogP contribution is -2.38. The van der Waals surface area contributed by atoms with Gasteiger partial charge in [-0.1, -0.05) is 20.8 Å². The van der Waals surface area contributed by atoms with Crippen LogP contribution in [0, 0.1) is 27.4 Å². The molecular formula is C13H19NO2S. The SMILES string of the molecule is CC1(C)[C@H]2CC[C@@]1(C)[C@H](OC(=O)CSC#N)C2. The number of carbonyl (C=O) groups is 1. The number of thiocyanates is 1. The number of ether oxygens (including phenoxy) is 1. The van der Waals surface area contributed by atoms with Crippen molar-refractivity contribution >= 4 is 17.7 Å². The van der Waals surface area contributed by atoms with Crippen LogP contribution in [0.1, 0.15) is 40.0 Å². The van der Waals surface area contributed by atoms with Gasteiger partial charge in [0.15, 0.2) is 0 Å². The summed E-state index contributed by atoms with van der Waals surface area (Å²) in [7, 11) is 0. The molecule has 2 saturated carbocycles. The van der Waals surface area contributed by atoms with E-state index in [0.29, 0.717) is 5.92 Å². The maximum atomic E-state index is 11.6. The van der Waals surface area contributed by atoms with Gasteiger partial charge in [-0.3, -0.25) is 4.79 Å². The van der Waals surface area contributed by atoms with E-state index in [1.54, 1.807) is 0 Å². The van der Waals surface area contributed by atoms with Crippen LogP contribution in [0.4, 0.5) is 0 Å². The van der Waals surface area contributed by atoms with Crippen molar-refractivity contribution in [1.29, 1.82) is 5.26 Å². The van der Waals surface area contributed by atoms with Crippen LogP contribution in [0.3, 0.4) is 0 Å². The lowest BCUT2D eigenvalue weighted by Gasteiger charge is -2.38. The third-order valence-corrected chi connectivity index (χ3v) is 5.75. The van der Waals surface area contributed by atoms with Crippen LogP contribution in [0.15, 0.2) is 0 Å². The maximum Gasteiger partial charge on any atom is 0.317 e. The van der Waals surface area contributed by atoms with Gasteiger partial charge in [-0.15, -0.1) is 0 Å². The molecule has 0 unspecified atom stereocenters. The smallest absolute Gasteiger partial charge is 0.317 e. The van der Waals surface area contributed by atoms with Gasteiger partial charge in [-0.25, -0.2) is 0 Å². The molecule has 2 fully saturated rings. The summed E-state index contributed by atoms with van der Waals surface area (Å²) in [6.07, 6.45) is 3.44. The molecule has 0 amide bonds. The van der Waals surface area contributed by atoms with Crippen molar-refractivity contribution in [1.82, 2.24) is 0 Å². The van der Waals surface area contributed by atoms with Gasteiger partial charge in [0.1, 0.15) is 17.3 Å². The highest BCUT2D eigenvalue weighted by Crippen LogP contribution is 2.66. The van der Waals surface area contributed by atoms with E-state index in [2.05, 4.69) is 20.8 Å². The fraction of sp³-hybridized carbons (Fsp3) is 0.846. The van der Waals surface area contributed by atoms with Crippen molar-refractivity contribution < 1.29 is 9.53 Å². The molecule has 4 heteroatoms. The molecule has 0 N–H and O–H groups in total. The molecule has 0 aliphatic heterocycles. The zero-order valence-corrected chi connectivity index (χ0v) is 11.5. The number of hydrogen-bond acceptors (Lipinski definition) is 4. The number of carbonyl (C=O) groups excluding carboxylic acids is 1. The Morgan fingerprint density at radius 3 is 2.71 bits per heavy atom. The third kappa shape index (κ3) is 1.85. The second-order valence-corrected chi connectivity index (χ2v) is 6.73. The Bertz CT molecular complexity index is 374. The second kappa shape index (κ2) is 4.20. The van der Waals surface area contributed by atoms with Crippen LogP contribution < -0.4 is 0 Å². The van der Waals surface area contributed by atoms with Crippen LogP contribution in [0.25, 0.3) is 0 Å². The van der Waals surface area contributed by atoms with Gasteiger partial charge in [0.05, 0.1) is 0 Å². The van der Waals surface area contributed by atoms with E-state index in [4.69, 9.17) is 10.00 Å². The van der Waals surface area contributed by atoms with Crippen molar-refractivity contribution in [2.24, 2.45) is 16.7 Å². The summed E-state index contributed by atoms with van der Waals surface area (Å²) in [5, 5.41) is 10.3. The van der Waals surface area contributed by atoms with Crippen molar-refractivity contribution in [3.8, 4) is 5.40 Å². The fourth-order valence-electron chi connectivity index (χ4n) is 3.59. The summed E-state index contributed by atoms with van der Waals surface area (Å²) in [6, 6.07) is 0. The first-order chi connectivity index (χ1) is 7.91. The highest BCUT2D eigenvalue weighted by Gasteiger charge is 2.62. The first kappa shape index (κ1) is 12.8. The van der Waals surface area contributed by atoms with E-state index < -0.39 is 0 Å². The largest absolute Gasteiger partial charge is 0.461 e. The van der Waals surface area contributed by atoms with E-state index in [1.165, 1.54) is 6.42 Å². The molecule has 2 rings (SSSR count). The van der Waals surface area contributed by atoms with Gasteiger partial charge in [0.25, 0.3) is 0 Å². The first-order valence-corrected chi connectivity index (χ1v) is 7.11. The van der Waals surface area contributed by atoms with Gasteiger partial charge in [0, 0.05) is 5.41 Å². The number of rotatable bonds is 3. The predicted octanol–water partition coefficient (Wildman–Crippen LogP) is 2.96. The van der Waals surface area contributed by atoms with Crippen LogP contribution >= 0.6 is 11.8 Å². The molecule has 0 aromatic heterocycles.